The maximum Gasteiger partial charge on any atom is 0.235 e. The third-order valence-corrected chi connectivity index (χ3v) is 4.61. The maximum absolute atomic E-state index is 6.05. The summed E-state index contributed by atoms with van der Waals surface area (Å²) in [5.74, 6) is 1.49. The van der Waals surface area contributed by atoms with Gasteiger partial charge in [-0.05, 0) is 31.2 Å². The van der Waals surface area contributed by atoms with Gasteiger partial charge >= 0.3 is 0 Å². The molecule has 2 aromatic carbocycles. The lowest BCUT2D eigenvalue weighted by atomic mass is 10.2. The smallest absolute Gasteiger partial charge is 0.235 e. The van der Waals surface area contributed by atoms with E-state index < -0.39 is 0 Å². The molecule has 0 atom stereocenters. The van der Waals surface area contributed by atoms with Gasteiger partial charge in [-0.25, -0.2) is 0 Å². The maximum atomic E-state index is 6.05. The van der Waals surface area contributed by atoms with Crippen LogP contribution in [0.2, 0.25) is 5.02 Å². The van der Waals surface area contributed by atoms with Crippen molar-refractivity contribution in [2.24, 2.45) is 0 Å². The van der Waals surface area contributed by atoms with Crippen LogP contribution in [0.3, 0.4) is 0 Å². The van der Waals surface area contributed by atoms with E-state index in [1.54, 1.807) is 4.52 Å². The Morgan fingerprint density at radius 3 is 2.75 bits per heavy atom. The largest absolute Gasteiger partial charge is 0.486 e. The van der Waals surface area contributed by atoms with E-state index >= 15 is 0 Å². The number of hydrogen-bond donors (Lipinski definition) is 0. The fourth-order valence-electron chi connectivity index (χ4n) is 2.30. The highest BCUT2D eigenvalue weighted by Crippen LogP contribution is 2.24. The van der Waals surface area contributed by atoms with Crippen LogP contribution in [0.4, 0.5) is 0 Å². The third kappa shape index (κ3) is 2.98. The lowest BCUT2D eigenvalue weighted by Crippen LogP contribution is -1.97. The predicted molar refractivity (Wildman–Crippen MR) is 94.6 cm³/mol. The predicted octanol–water partition coefficient (Wildman–Crippen LogP) is 4.39. The zero-order valence-corrected chi connectivity index (χ0v) is 14.4. The molecule has 0 radical (unpaired) electrons. The summed E-state index contributed by atoms with van der Waals surface area (Å²) in [5, 5.41) is 14.4. The van der Waals surface area contributed by atoms with Gasteiger partial charge in [0.15, 0.2) is 10.8 Å². The van der Waals surface area contributed by atoms with Crippen molar-refractivity contribution in [2.45, 2.75) is 13.5 Å². The number of ether oxygens (including phenoxy) is 1. The minimum Gasteiger partial charge on any atom is -0.486 e. The van der Waals surface area contributed by atoms with Crippen LogP contribution in [0.5, 0.6) is 5.75 Å². The van der Waals surface area contributed by atoms with E-state index in [2.05, 4.69) is 15.3 Å². The summed E-state index contributed by atoms with van der Waals surface area (Å²) < 4.78 is 7.50. The van der Waals surface area contributed by atoms with E-state index in [-0.39, 0.29) is 0 Å². The summed E-state index contributed by atoms with van der Waals surface area (Å²) in [6.07, 6.45) is 0. The number of halogens is 1. The first-order valence-electron chi connectivity index (χ1n) is 7.35. The molecule has 0 aliphatic carbocycles. The van der Waals surface area contributed by atoms with E-state index in [4.69, 9.17) is 16.3 Å². The zero-order chi connectivity index (χ0) is 16.5. The number of fused-ring (bicyclic) bond motifs is 1. The number of rotatable bonds is 4. The Morgan fingerprint density at radius 2 is 1.96 bits per heavy atom. The van der Waals surface area contributed by atoms with Gasteiger partial charge in [0, 0.05) is 10.6 Å². The third-order valence-electron chi connectivity index (χ3n) is 3.50. The van der Waals surface area contributed by atoms with E-state index in [9.17, 15) is 0 Å². The first kappa shape index (κ1) is 15.1. The Balaban J connectivity index is 1.59. The van der Waals surface area contributed by atoms with Crippen molar-refractivity contribution in [3.05, 3.63) is 64.1 Å². The number of nitrogens with zero attached hydrogens (tertiary/aromatic N) is 4. The summed E-state index contributed by atoms with van der Waals surface area (Å²) in [6, 6.07) is 15.4. The number of hydrogen-bond acceptors (Lipinski definition) is 5. The molecule has 0 saturated carbocycles. The van der Waals surface area contributed by atoms with Gasteiger partial charge in [-0.3, -0.25) is 0 Å². The van der Waals surface area contributed by atoms with E-state index in [1.165, 1.54) is 16.9 Å². The van der Waals surface area contributed by atoms with Gasteiger partial charge < -0.3 is 4.74 Å². The summed E-state index contributed by atoms with van der Waals surface area (Å²) in [5.41, 5.74) is 2.08. The van der Waals surface area contributed by atoms with Crippen LogP contribution >= 0.6 is 22.9 Å². The summed E-state index contributed by atoms with van der Waals surface area (Å²) in [4.78, 5) is 0.729. The van der Waals surface area contributed by atoms with Crippen LogP contribution in [-0.2, 0) is 6.61 Å². The summed E-state index contributed by atoms with van der Waals surface area (Å²) >= 11 is 7.51. The molecular formula is C17H13ClN4OS. The van der Waals surface area contributed by atoms with Gasteiger partial charge in [-0.15, -0.1) is 10.2 Å². The monoisotopic (exact) mass is 356 g/mol. The Hall–Kier alpha value is -2.44. The van der Waals surface area contributed by atoms with Crippen molar-refractivity contribution in [1.82, 2.24) is 19.8 Å². The fourth-order valence-corrected chi connectivity index (χ4v) is 3.24. The molecule has 0 aliphatic rings. The Morgan fingerprint density at radius 1 is 1.12 bits per heavy atom. The van der Waals surface area contributed by atoms with Gasteiger partial charge in [0.25, 0.3) is 0 Å². The minimum atomic E-state index is 0.395. The highest BCUT2D eigenvalue weighted by atomic mass is 35.5. The molecule has 24 heavy (non-hydrogen) atoms. The molecule has 0 fully saturated rings. The average molecular weight is 357 g/mol. The molecule has 4 rings (SSSR count). The molecule has 0 unspecified atom stereocenters. The number of aryl methyl sites for hydroxylation is 1. The highest BCUT2D eigenvalue weighted by molar-refractivity contribution is 7.16. The van der Waals surface area contributed by atoms with Crippen molar-refractivity contribution in [2.75, 3.05) is 0 Å². The fraction of sp³-hybridized carbons (Fsp3) is 0.118. The van der Waals surface area contributed by atoms with Gasteiger partial charge in [0.05, 0.1) is 0 Å². The molecule has 0 saturated heterocycles. The van der Waals surface area contributed by atoms with Crippen LogP contribution in [0.15, 0.2) is 48.5 Å². The van der Waals surface area contributed by atoms with Crippen LogP contribution in [-0.4, -0.2) is 19.8 Å². The average Bonchev–Trinajstić information content (AvgIpc) is 3.14. The quantitative estimate of drug-likeness (QED) is 0.544. The van der Waals surface area contributed by atoms with Gasteiger partial charge in [-0.2, -0.15) is 9.61 Å². The van der Waals surface area contributed by atoms with Gasteiger partial charge in [-0.1, -0.05) is 52.8 Å². The lowest BCUT2D eigenvalue weighted by molar-refractivity contribution is 0.304. The number of aromatic nitrogens is 4. The molecule has 0 bridgehead atoms. The Bertz CT molecular complexity index is 993. The molecular weight excluding hydrogens is 344 g/mol. The molecule has 0 amide bonds. The Kier molecular flexibility index (Phi) is 3.92. The van der Waals surface area contributed by atoms with Crippen LogP contribution in [0.25, 0.3) is 16.3 Å². The van der Waals surface area contributed by atoms with Crippen molar-refractivity contribution >= 4 is 27.9 Å². The molecule has 2 heterocycles. The second-order valence-electron chi connectivity index (χ2n) is 5.33. The highest BCUT2D eigenvalue weighted by Gasteiger charge is 2.14. The molecule has 0 N–H and O–H groups in total. The van der Waals surface area contributed by atoms with Crippen LogP contribution in [0.1, 0.15) is 10.6 Å². The molecule has 5 nitrogen and oxygen atoms in total. The molecule has 2 aromatic heterocycles. The molecule has 0 aliphatic heterocycles. The van der Waals surface area contributed by atoms with Crippen molar-refractivity contribution in [3.8, 4) is 17.1 Å². The lowest BCUT2D eigenvalue weighted by Gasteiger charge is -2.03. The zero-order valence-electron chi connectivity index (χ0n) is 12.8. The standard InChI is InChI=1S/C17H13ClN4OS/c1-11-5-7-14(8-6-11)23-10-15-21-22-16(19-20-17(22)24-15)12-3-2-4-13(18)9-12/h2-9H,10H2,1H3. The molecule has 0 spiro atoms. The van der Waals surface area contributed by atoms with E-state index in [0.717, 1.165) is 21.3 Å². The van der Waals surface area contributed by atoms with Crippen molar-refractivity contribution in [1.29, 1.82) is 0 Å². The normalized spacial score (nSPS) is 11.1. The van der Waals surface area contributed by atoms with E-state index in [1.807, 2.05) is 55.5 Å². The SMILES string of the molecule is Cc1ccc(OCc2nn3c(-c4cccc(Cl)c4)nnc3s2)cc1. The first-order chi connectivity index (χ1) is 11.7. The second-order valence-corrected chi connectivity index (χ2v) is 6.80. The van der Waals surface area contributed by atoms with Crippen LogP contribution in [0, 0.1) is 6.92 Å². The second kappa shape index (κ2) is 6.22. The van der Waals surface area contributed by atoms with E-state index in [0.29, 0.717) is 17.5 Å². The van der Waals surface area contributed by atoms with Gasteiger partial charge in [0.2, 0.25) is 4.96 Å². The Labute approximate surface area is 147 Å². The first-order valence-corrected chi connectivity index (χ1v) is 8.55. The topological polar surface area (TPSA) is 52.3 Å². The minimum absolute atomic E-state index is 0.395. The van der Waals surface area contributed by atoms with Crippen LogP contribution < -0.4 is 4.74 Å². The summed E-state index contributed by atoms with van der Waals surface area (Å²) in [6.45, 7) is 2.44. The molecule has 4 aromatic rings. The van der Waals surface area contributed by atoms with Crippen molar-refractivity contribution in [3.63, 3.8) is 0 Å². The molecule has 7 heteroatoms. The number of benzene rings is 2. The molecule has 120 valence electrons. The summed E-state index contributed by atoms with van der Waals surface area (Å²) in [7, 11) is 0. The van der Waals surface area contributed by atoms with Gasteiger partial charge in [0.1, 0.15) is 12.4 Å². The van der Waals surface area contributed by atoms with Crippen molar-refractivity contribution < 1.29 is 4.74 Å².